The van der Waals surface area contributed by atoms with Gasteiger partial charge in [-0.05, 0) is 102 Å². The quantitative estimate of drug-likeness (QED) is 0.159. The molecule has 0 spiro atoms. The van der Waals surface area contributed by atoms with Crippen molar-refractivity contribution in [2.24, 2.45) is 0 Å². The van der Waals surface area contributed by atoms with Crippen LogP contribution in [0.4, 0.5) is 17.1 Å². The lowest BCUT2D eigenvalue weighted by Gasteiger charge is -2.29. The number of hydrogen-bond acceptors (Lipinski definition) is 1. The second-order valence-electron chi connectivity index (χ2n) is 15.3. The first kappa shape index (κ1) is 33.6. The molecule has 0 atom stereocenters. The number of anilines is 3. The molecule has 0 amide bonds. The molecule has 1 nitrogen and oxygen atoms in total. The van der Waals surface area contributed by atoms with Crippen molar-refractivity contribution in [1.82, 2.24) is 0 Å². The lowest BCUT2D eigenvalue weighted by Crippen LogP contribution is -2.16. The van der Waals surface area contributed by atoms with Gasteiger partial charge in [0.15, 0.2) is 0 Å². The summed E-state index contributed by atoms with van der Waals surface area (Å²) in [5, 5.41) is 2.54. The van der Waals surface area contributed by atoms with Crippen molar-refractivity contribution in [1.29, 1.82) is 0 Å². The van der Waals surface area contributed by atoms with Gasteiger partial charge in [-0.15, -0.1) is 0 Å². The second kappa shape index (κ2) is 13.7. The Bertz CT molecular complexity index is 2820. The fraction of sp³-hybridized carbons (Fsp3) is 0.0545. The molecule has 1 aliphatic carbocycles. The van der Waals surface area contributed by atoms with Gasteiger partial charge in [-0.1, -0.05) is 196 Å². The van der Waals surface area contributed by atoms with Crippen LogP contribution >= 0.6 is 0 Å². The minimum atomic E-state index is -0.0918. The third-order valence-electron chi connectivity index (χ3n) is 11.7. The first-order valence-electron chi connectivity index (χ1n) is 19.5. The molecule has 0 fully saturated rings. The zero-order chi connectivity index (χ0) is 37.6. The van der Waals surface area contributed by atoms with Gasteiger partial charge in [0, 0.05) is 22.4 Å². The second-order valence-corrected chi connectivity index (χ2v) is 15.3. The smallest absolute Gasteiger partial charge is 0.0543 e. The van der Waals surface area contributed by atoms with Gasteiger partial charge in [0.05, 0.1) is 5.69 Å². The minimum Gasteiger partial charge on any atom is -0.310 e. The van der Waals surface area contributed by atoms with Crippen LogP contribution < -0.4 is 4.90 Å². The molecule has 1 aliphatic rings. The van der Waals surface area contributed by atoms with Crippen molar-refractivity contribution in [2.75, 3.05) is 4.90 Å². The van der Waals surface area contributed by atoms with Gasteiger partial charge in [0.2, 0.25) is 0 Å². The molecular formula is C55H41N. The standard InChI is InChI=1S/C55H41N/c1-55(2)51-19-9-8-17-50(51)54-52(55)20-11-21-53(54)56(46-34-30-42(31-35-46)40-24-22-39(23-25-40)38-12-4-3-5-13-38)47-36-32-43(33-37-47)41-26-28-45(29-27-41)49-18-10-15-44-14-6-7-16-48(44)49/h3-37H,1-2H3. The number of rotatable bonds is 7. The van der Waals surface area contributed by atoms with Crippen molar-refractivity contribution < 1.29 is 0 Å². The Kier molecular flexibility index (Phi) is 8.23. The lowest BCUT2D eigenvalue weighted by atomic mass is 9.82. The highest BCUT2D eigenvalue weighted by Gasteiger charge is 2.37. The van der Waals surface area contributed by atoms with E-state index in [4.69, 9.17) is 0 Å². The summed E-state index contributed by atoms with van der Waals surface area (Å²) in [4.78, 5) is 2.44. The van der Waals surface area contributed by atoms with Crippen LogP contribution in [-0.2, 0) is 5.41 Å². The Morgan fingerprint density at radius 2 is 0.750 bits per heavy atom. The summed E-state index contributed by atoms with van der Waals surface area (Å²) in [7, 11) is 0. The van der Waals surface area contributed by atoms with E-state index in [9.17, 15) is 0 Å². The summed E-state index contributed by atoms with van der Waals surface area (Å²) < 4.78 is 0. The highest BCUT2D eigenvalue weighted by molar-refractivity contribution is 5.97. The maximum Gasteiger partial charge on any atom is 0.0543 e. The topological polar surface area (TPSA) is 3.24 Å². The summed E-state index contributed by atoms with van der Waals surface area (Å²) >= 11 is 0. The number of fused-ring (bicyclic) bond motifs is 4. The summed E-state index contributed by atoms with van der Waals surface area (Å²) in [6, 6.07) is 77.5. The summed E-state index contributed by atoms with van der Waals surface area (Å²) in [5.41, 5.74) is 18.4. The molecule has 0 saturated carbocycles. The fourth-order valence-corrected chi connectivity index (χ4v) is 8.76. The SMILES string of the molecule is CC1(C)c2ccccc2-c2c(N(c3ccc(-c4ccc(-c5ccccc5)cc4)cc3)c3ccc(-c4ccc(-c5cccc6ccccc56)cc4)cc3)cccc21. The molecule has 0 aromatic heterocycles. The molecule has 0 heterocycles. The molecule has 0 aliphatic heterocycles. The monoisotopic (exact) mass is 715 g/mol. The van der Waals surface area contributed by atoms with Gasteiger partial charge in [0.1, 0.15) is 0 Å². The molecule has 0 saturated heterocycles. The highest BCUT2D eigenvalue weighted by atomic mass is 15.1. The van der Waals surface area contributed by atoms with Crippen molar-refractivity contribution in [3.8, 4) is 55.6 Å². The molecule has 0 unspecified atom stereocenters. The minimum absolute atomic E-state index is 0.0918. The fourth-order valence-electron chi connectivity index (χ4n) is 8.76. The van der Waals surface area contributed by atoms with Gasteiger partial charge in [-0.25, -0.2) is 0 Å². The molecule has 9 aromatic carbocycles. The summed E-state index contributed by atoms with van der Waals surface area (Å²) in [6.07, 6.45) is 0. The Balaban J connectivity index is 1.03. The Morgan fingerprint density at radius 3 is 1.38 bits per heavy atom. The first-order valence-corrected chi connectivity index (χ1v) is 19.5. The molecule has 1 heteroatoms. The third-order valence-corrected chi connectivity index (χ3v) is 11.7. The average Bonchev–Trinajstić information content (AvgIpc) is 3.51. The molecule has 56 heavy (non-hydrogen) atoms. The summed E-state index contributed by atoms with van der Waals surface area (Å²) in [5.74, 6) is 0. The number of hydrogen-bond donors (Lipinski definition) is 0. The third kappa shape index (κ3) is 5.81. The molecule has 10 rings (SSSR count). The van der Waals surface area contributed by atoms with Crippen LogP contribution in [0.25, 0.3) is 66.4 Å². The van der Waals surface area contributed by atoms with Crippen LogP contribution in [0, 0.1) is 0 Å². The molecule has 9 aromatic rings. The highest BCUT2D eigenvalue weighted by Crippen LogP contribution is 2.54. The van der Waals surface area contributed by atoms with Gasteiger partial charge in [-0.2, -0.15) is 0 Å². The predicted octanol–water partition coefficient (Wildman–Crippen LogP) is 15.3. The maximum absolute atomic E-state index is 2.44. The average molecular weight is 716 g/mol. The van der Waals surface area contributed by atoms with Crippen LogP contribution in [0.2, 0.25) is 0 Å². The number of nitrogens with zero attached hydrogens (tertiary/aromatic N) is 1. The Morgan fingerprint density at radius 1 is 0.321 bits per heavy atom. The predicted molar refractivity (Wildman–Crippen MR) is 238 cm³/mol. The van der Waals surface area contributed by atoms with Crippen LogP contribution in [0.15, 0.2) is 212 Å². The van der Waals surface area contributed by atoms with Gasteiger partial charge in [0.25, 0.3) is 0 Å². The molecule has 0 N–H and O–H groups in total. The largest absolute Gasteiger partial charge is 0.310 e. The van der Waals surface area contributed by atoms with Gasteiger partial charge in [-0.3, -0.25) is 0 Å². The van der Waals surface area contributed by atoms with E-state index in [1.54, 1.807) is 0 Å². The first-order chi connectivity index (χ1) is 27.5. The Labute approximate surface area is 329 Å². The zero-order valence-corrected chi connectivity index (χ0v) is 31.7. The molecule has 0 radical (unpaired) electrons. The normalized spacial score (nSPS) is 12.6. The van der Waals surface area contributed by atoms with E-state index in [1.807, 2.05) is 0 Å². The number of benzene rings is 9. The van der Waals surface area contributed by atoms with Crippen LogP contribution in [0.1, 0.15) is 25.0 Å². The van der Waals surface area contributed by atoms with E-state index >= 15 is 0 Å². The van der Waals surface area contributed by atoms with Crippen molar-refractivity contribution in [3.63, 3.8) is 0 Å². The zero-order valence-electron chi connectivity index (χ0n) is 31.7. The van der Waals surface area contributed by atoms with Crippen molar-refractivity contribution >= 4 is 27.8 Å². The van der Waals surface area contributed by atoms with E-state index in [0.717, 1.165) is 11.4 Å². The van der Waals surface area contributed by atoms with Crippen LogP contribution in [0.5, 0.6) is 0 Å². The van der Waals surface area contributed by atoms with Crippen LogP contribution in [-0.4, -0.2) is 0 Å². The van der Waals surface area contributed by atoms with E-state index in [2.05, 4.69) is 231 Å². The van der Waals surface area contributed by atoms with E-state index in [1.165, 1.54) is 83.2 Å². The Hall–Kier alpha value is -6.96. The molecule has 266 valence electrons. The molecule has 0 bridgehead atoms. The maximum atomic E-state index is 2.44. The van der Waals surface area contributed by atoms with Gasteiger partial charge >= 0.3 is 0 Å². The van der Waals surface area contributed by atoms with E-state index in [-0.39, 0.29) is 5.41 Å². The van der Waals surface area contributed by atoms with Crippen molar-refractivity contribution in [3.05, 3.63) is 223 Å². The van der Waals surface area contributed by atoms with Gasteiger partial charge < -0.3 is 4.90 Å². The lowest BCUT2D eigenvalue weighted by molar-refractivity contribution is 0.660. The van der Waals surface area contributed by atoms with Crippen LogP contribution in [0.3, 0.4) is 0 Å². The molecular weight excluding hydrogens is 675 g/mol. The van der Waals surface area contributed by atoms with Crippen molar-refractivity contribution in [2.45, 2.75) is 19.3 Å². The summed E-state index contributed by atoms with van der Waals surface area (Å²) in [6.45, 7) is 4.70. The van der Waals surface area contributed by atoms with E-state index in [0.29, 0.717) is 0 Å². The van der Waals surface area contributed by atoms with E-state index < -0.39 is 0 Å².